The van der Waals surface area contributed by atoms with Gasteiger partial charge in [-0.2, -0.15) is 4.31 Å². The van der Waals surface area contributed by atoms with Crippen LogP contribution in [0.3, 0.4) is 0 Å². The van der Waals surface area contributed by atoms with Crippen molar-refractivity contribution in [1.29, 1.82) is 0 Å². The van der Waals surface area contributed by atoms with Crippen molar-refractivity contribution in [2.24, 2.45) is 0 Å². The first-order valence-electron chi connectivity index (χ1n) is 10.7. The molecule has 2 fully saturated rings. The van der Waals surface area contributed by atoms with Crippen LogP contribution in [0.2, 0.25) is 0 Å². The maximum absolute atomic E-state index is 12.7. The van der Waals surface area contributed by atoms with Gasteiger partial charge in [-0.05, 0) is 31.3 Å². The molecule has 9 nitrogen and oxygen atoms in total. The van der Waals surface area contributed by atoms with E-state index in [4.69, 9.17) is 4.74 Å². The number of hydrogen-bond acceptors (Lipinski definition) is 8. The molecule has 0 aliphatic carbocycles. The summed E-state index contributed by atoms with van der Waals surface area (Å²) in [5.41, 5.74) is 0. The van der Waals surface area contributed by atoms with Gasteiger partial charge in [0.15, 0.2) is 11.6 Å². The van der Waals surface area contributed by atoms with E-state index in [1.165, 1.54) is 0 Å². The van der Waals surface area contributed by atoms with Crippen LogP contribution >= 0.6 is 0 Å². The summed E-state index contributed by atoms with van der Waals surface area (Å²) in [5, 5.41) is 8.81. The molecular weight excluding hydrogens is 416 g/mol. The van der Waals surface area contributed by atoms with Crippen molar-refractivity contribution in [3.05, 3.63) is 42.5 Å². The molecule has 0 bridgehead atoms. The summed E-state index contributed by atoms with van der Waals surface area (Å²) < 4.78 is 32.4. The monoisotopic (exact) mass is 446 g/mol. The summed E-state index contributed by atoms with van der Waals surface area (Å²) >= 11 is 0. The van der Waals surface area contributed by atoms with Gasteiger partial charge in [-0.15, -0.1) is 10.2 Å². The normalized spacial score (nSPS) is 18.9. The van der Waals surface area contributed by atoms with Gasteiger partial charge in [0.25, 0.3) is 0 Å². The van der Waals surface area contributed by atoms with Crippen molar-refractivity contribution in [3.63, 3.8) is 0 Å². The van der Waals surface area contributed by atoms with Gasteiger partial charge < -0.3 is 19.4 Å². The number of piperazine rings is 2. The number of ether oxygens (including phenoxy) is 1. The zero-order valence-corrected chi connectivity index (χ0v) is 18.7. The van der Waals surface area contributed by atoms with Crippen LogP contribution in [0.15, 0.2) is 42.5 Å². The van der Waals surface area contributed by atoms with Crippen LogP contribution in [0, 0.1) is 0 Å². The first-order chi connectivity index (χ1) is 15.0. The predicted octanol–water partition coefficient (Wildman–Crippen LogP) is 0.759. The molecule has 2 saturated heterocycles. The Kier molecular flexibility index (Phi) is 6.89. The number of nitrogens with zero attached hydrogens (tertiary/aromatic N) is 6. The third kappa shape index (κ3) is 5.63. The first-order valence-corrected chi connectivity index (χ1v) is 12.3. The fourth-order valence-corrected chi connectivity index (χ4v) is 5.07. The average Bonchev–Trinajstić information content (AvgIpc) is 2.80. The van der Waals surface area contributed by atoms with Crippen LogP contribution in [0.1, 0.15) is 0 Å². The molecular formula is C21H30N6O3S. The van der Waals surface area contributed by atoms with Crippen molar-refractivity contribution >= 4 is 21.7 Å². The van der Waals surface area contributed by atoms with Crippen molar-refractivity contribution in [2.45, 2.75) is 0 Å². The Balaban J connectivity index is 1.26. The highest BCUT2D eigenvalue weighted by molar-refractivity contribution is 7.89. The highest BCUT2D eigenvalue weighted by Gasteiger charge is 2.27. The lowest BCUT2D eigenvalue weighted by molar-refractivity contribution is 0.311. The Bertz CT molecular complexity index is 925. The van der Waals surface area contributed by atoms with Crippen LogP contribution in [0.5, 0.6) is 5.75 Å². The van der Waals surface area contributed by atoms with Gasteiger partial charge >= 0.3 is 0 Å². The lowest BCUT2D eigenvalue weighted by Gasteiger charge is -2.35. The van der Waals surface area contributed by atoms with E-state index in [0.29, 0.717) is 31.9 Å². The predicted molar refractivity (Wildman–Crippen MR) is 121 cm³/mol. The Morgan fingerprint density at radius 2 is 1.35 bits per heavy atom. The molecule has 0 radical (unpaired) electrons. The molecule has 1 aromatic carbocycles. The third-order valence-corrected chi connectivity index (χ3v) is 7.61. The second kappa shape index (κ2) is 9.80. The van der Waals surface area contributed by atoms with Crippen LogP contribution < -0.4 is 14.5 Å². The topological polar surface area (TPSA) is 82.1 Å². The number of likely N-dealkylation sites (N-methyl/N-ethyl adjacent to an activating group) is 1. The Morgan fingerprint density at radius 1 is 0.806 bits per heavy atom. The van der Waals surface area contributed by atoms with E-state index in [-0.39, 0.29) is 12.4 Å². The zero-order valence-electron chi connectivity index (χ0n) is 17.9. The van der Waals surface area contributed by atoms with Gasteiger partial charge in [-0.3, -0.25) is 0 Å². The number of anilines is 2. The number of rotatable bonds is 7. The van der Waals surface area contributed by atoms with Gasteiger partial charge in [0.2, 0.25) is 10.0 Å². The van der Waals surface area contributed by atoms with E-state index in [0.717, 1.165) is 37.8 Å². The maximum atomic E-state index is 12.7. The lowest BCUT2D eigenvalue weighted by atomic mass is 10.3. The Labute approximate surface area is 184 Å². The minimum absolute atomic E-state index is 0.0264. The molecule has 3 heterocycles. The minimum atomic E-state index is -3.35. The van der Waals surface area contributed by atoms with Crippen molar-refractivity contribution in [2.75, 3.05) is 81.6 Å². The van der Waals surface area contributed by atoms with E-state index in [9.17, 15) is 8.42 Å². The molecule has 2 aromatic rings. The van der Waals surface area contributed by atoms with Gasteiger partial charge in [-0.1, -0.05) is 18.2 Å². The summed E-state index contributed by atoms with van der Waals surface area (Å²) in [6.07, 6.45) is 0. The van der Waals surface area contributed by atoms with Crippen LogP contribution in [0.25, 0.3) is 0 Å². The number of sulfonamides is 1. The third-order valence-electron chi connectivity index (χ3n) is 5.77. The van der Waals surface area contributed by atoms with Gasteiger partial charge in [-0.25, -0.2) is 8.42 Å². The molecule has 10 heteroatoms. The number of aromatic nitrogens is 2. The molecule has 1 aromatic heterocycles. The van der Waals surface area contributed by atoms with Crippen molar-refractivity contribution in [3.8, 4) is 5.75 Å². The van der Waals surface area contributed by atoms with E-state index in [1.54, 1.807) is 4.31 Å². The highest BCUT2D eigenvalue weighted by atomic mass is 32.2. The molecule has 31 heavy (non-hydrogen) atoms. The van der Waals surface area contributed by atoms with E-state index in [1.807, 2.05) is 42.5 Å². The first kappa shape index (κ1) is 21.8. The molecule has 0 N–H and O–H groups in total. The Morgan fingerprint density at radius 3 is 1.90 bits per heavy atom. The molecule has 0 amide bonds. The van der Waals surface area contributed by atoms with E-state index >= 15 is 0 Å². The number of benzene rings is 1. The largest absolute Gasteiger partial charge is 0.492 e. The summed E-state index contributed by atoms with van der Waals surface area (Å²) in [7, 11) is -1.22. The van der Waals surface area contributed by atoms with Gasteiger partial charge in [0, 0.05) is 52.4 Å². The van der Waals surface area contributed by atoms with Crippen LogP contribution in [-0.2, 0) is 10.0 Å². The zero-order chi connectivity index (χ0) is 21.7. The molecule has 4 rings (SSSR count). The molecule has 0 spiro atoms. The molecule has 2 aliphatic heterocycles. The van der Waals surface area contributed by atoms with Crippen molar-refractivity contribution < 1.29 is 13.2 Å². The standard InChI is InChI=1S/C21H30N6O3S/c1-24-9-11-25(12-10-24)20-7-8-21(23-22-20)26-13-15-27(16-14-26)31(28,29)18-17-30-19-5-3-2-4-6-19/h2-8H,9-18H2,1H3. The average molecular weight is 447 g/mol. The fourth-order valence-electron chi connectivity index (χ4n) is 3.80. The summed E-state index contributed by atoms with van der Waals surface area (Å²) in [4.78, 5) is 6.64. The van der Waals surface area contributed by atoms with Gasteiger partial charge in [0.05, 0.1) is 5.75 Å². The minimum Gasteiger partial charge on any atom is -0.492 e. The number of hydrogen-bond donors (Lipinski definition) is 0. The lowest BCUT2D eigenvalue weighted by Crippen LogP contribution is -2.50. The summed E-state index contributed by atoms with van der Waals surface area (Å²) in [6, 6.07) is 13.3. The van der Waals surface area contributed by atoms with Crippen LogP contribution in [0.4, 0.5) is 11.6 Å². The molecule has 0 saturated carbocycles. The fraction of sp³-hybridized carbons (Fsp3) is 0.524. The van der Waals surface area contributed by atoms with E-state index < -0.39 is 10.0 Å². The van der Waals surface area contributed by atoms with Gasteiger partial charge in [0.1, 0.15) is 12.4 Å². The smallest absolute Gasteiger partial charge is 0.217 e. The SMILES string of the molecule is CN1CCN(c2ccc(N3CCN(S(=O)(=O)CCOc4ccccc4)CC3)nn2)CC1. The molecule has 0 unspecified atom stereocenters. The molecule has 168 valence electrons. The van der Waals surface area contributed by atoms with Crippen molar-refractivity contribution in [1.82, 2.24) is 19.4 Å². The highest BCUT2D eigenvalue weighted by Crippen LogP contribution is 2.19. The van der Waals surface area contributed by atoms with Crippen LogP contribution in [-0.4, -0.2) is 99.6 Å². The molecule has 0 atom stereocenters. The quantitative estimate of drug-likeness (QED) is 0.617. The maximum Gasteiger partial charge on any atom is 0.217 e. The number of para-hydroxylation sites is 1. The Hall–Kier alpha value is -2.43. The second-order valence-electron chi connectivity index (χ2n) is 7.90. The second-order valence-corrected chi connectivity index (χ2v) is 9.99. The molecule has 2 aliphatic rings. The summed E-state index contributed by atoms with van der Waals surface area (Å²) in [6.45, 7) is 6.18. The van der Waals surface area contributed by atoms with E-state index in [2.05, 4.69) is 31.9 Å². The summed E-state index contributed by atoms with van der Waals surface area (Å²) in [5.74, 6) is 2.35.